The van der Waals surface area contributed by atoms with Gasteiger partial charge in [0.1, 0.15) is 0 Å². The topological polar surface area (TPSA) is 30.0 Å². The first-order valence-electron chi connectivity index (χ1n) is 12.5. The Morgan fingerprint density at radius 2 is 1.13 bits per heavy atom. The Hall–Kier alpha value is -5.26. The number of carbonyl (C=O) groups is 1. The van der Waals surface area contributed by atoms with Gasteiger partial charge in [0.25, 0.3) is 0 Å². The fraction of sp³-hybridized carbons (Fsp3) is 0. The van der Waals surface area contributed by atoms with E-state index in [2.05, 4.69) is 59.3 Å². The Bertz CT molecular complexity index is 1740. The van der Waals surface area contributed by atoms with Gasteiger partial charge in [0.05, 0.1) is 0 Å². The van der Waals surface area contributed by atoms with E-state index in [9.17, 15) is 4.79 Å². The normalized spacial score (nSPS) is 12.1. The lowest BCUT2D eigenvalue weighted by atomic mass is 9.80. The van der Waals surface area contributed by atoms with Crippen LogP contribution in [0.25, 0.3) is 39.0 Å². The molecule has 0 saturated carbocycles. The number of nitrogens with zero attached hydrogens (tertiary/aromatic N) is 1. The Balaban J connectivity index is 1.78. The Morgan fingerprint density at radius 1 is 0.579 bits per heavy atom. The highest BCUT2D eigenvalue weighted by molar-refractivity contribution is 6.30. The maximum atomic E-state index is 13.1. The lowest BCUT2D eigenvalue weighted by Crippen LogP contribution is -2.03. The summed E-state index contributed by atoms with van der Waals surface area (Å²) in [6.07, 6.45) is 8.85. The molecular weight excluding hydrogens is 462 g/mol. The van der Waals surface area contributed by atoms with E-state index in [-0.39, 0.29) is 5.78 Å². The van der Waals surface area contributed by atoms with Crippen LogP contribution < -0.4 is 0 Å². The van der Waals surface area contributed by atoms with E-state index >= 15 is 0 Å². The third-order valence-electron chi connectivity index (χ3n) is 6.62. The molecule has 1 aliphatic rings. The van der Waals surface area contributed by atoms with Crippen molar-refractivity contribution in [2.24, 2.45) is 0 Å². The van der Waals surface area contributed by atoms with Crippen LogP contribution >= 0.6 is 0 Å². The van der Waals surface area contributed by atoms with Gasteiger partial charge < -0.3 is 0 Å². The average molecular weight is 486 g/mol. The van der Waals surface area contributed by atoms with Crippen molar-refractivity contribution in [1.82, 2.24) is 4.98 Å². The lowest BCUT2D eigenvalue weighted by Gasteiger charge is -2.21. The first-order chi connectivity index (χ1) is 18.8. The fourth-order valence-corrected chi connectivity index (χ4v) is 4.87. The van der Waals surface area contributed by atoms with Crippen LogP contribution in [-0.4, -0.2) is 10.8 Å². The van der Waals surface area contributed by atoms with Gasteiger partial charge in [-0.05, 0) is 52.1 Å². The van der Waals surface area contributed by atoms with E-state index in [4.69, 9.17) is 0 Å². The second kappa shape index (κ2) is 10.4. The molecule has 0 amide bonds. The van der Waals surface area contributed by atoms with Crippen LogP contribution in [-0.2, 0) is 4.79 Å². The molecule has 0 aliphatic heterocycles. The first kappa shape index (κ1) is 23.2. The fourth-order valence-electron chi connectivity index (χ4n) is 4.87. The van der Waals surface area contributed by atoms with E-state index in [1.807, 2.05) is 78.9 Å². The zero-order valence-electron chi connectivity index (χ0n) is 20.6. The number of hydrogen-bond acceptors (Lipinski definition) is 2. The summed E-state index contributed by atoms with van der Waals surface area (Å²) < 4.78 is 0. The van der Waals surface area contributed by atoms with Gasteiger partial charge >= 0.3 is 0 Å². The van der Waals surface area contributed by atoms with E-state index in [0.29, 0.717) is 5.57 Å². The van der Waals surface area contributed by atoms with Gasteiger partial charge in [-0.25, -0.2) is 0 Å². The minimum Gasteiger partial charge on any atom is -0.289 e. The molecule has 0 saturated heterocycles. The van der Waals surface area contributed by atoms with Crippen molar-refractivity contribution in [3.05, 3.63) is 157 Å². The first-order valence-corrected chi connectivity index (χ1v) is 12.5. The molecule has 0 radical (unpaired) electrons. The van der Waals surface area contributed by atoms with Crippen LogP contribution in [0.1, 0.15) is 16.7 Å². The molecule has 0 fully saturated rings. The molecule has 6 rings (SSSR count). The van der Waals surface area contributed by atoms with Crippen LogP contribution in [0.4, 0.5) is 0 Å². The molecule has 2 nitrogen and oxygen atoms in total. The van der Waals surface area contributed by atoms with Gasteiger partial charge in [-0.15, -0.1) is 0 Å². The number of benzene rings is 4. The van der Waals surface area contributed by atoms with Gasteiger partial charge in [-0.2, -0.15) is 0 Å². The highest BCUT2D eigenvalue weighted by Crippen LogP contribution is 2.44. The molecular formula is C36H23NO. The minimum absolute atomic E-state index is 0.00157. The molecule has 0 unspecified atom stereocenters. The van der Waals surface area contributed by atoms with Crippen LogP contribution in [0.2, 0.25) is 0 Å². The summed E-state index contributed by atoms with van der Waals surface area (Å²) in [5.41, 5.74) is 9.49. The van der Waals surface area contributed by atoms with Gasteiger partial charge in [0.15, 0.2) is 5.78 Å². The van der Waals surface area contributed by atoms with Crippen molar-refractivity contribution in [1.29, 1.82) is 0 Å². The van der Waals surface area contributed by atoms with E-state index < -0.39 is 0 Å². The molecule has 0 N–H and O–H groups in total. The van der Waals surface area contributed by atoms with Crippen molar-refractivity contribution >= 4 is 11.4 Å². The van der Waals surface area contributed by atoms with Crippen LogP contribution in [0, 0.1) is 11.8 Å². The maximum Gasteiger partial charge on any atom is 0.186 e. The molecule has 5 aromatic rings. The molecule has 0 spiro atoms. The third kappa shape index (κ3) is 4.50. The summed E-state index contributed by atoms with van der Waals surface area (Å²) in [7, 11) is 0. The summed E-state index contributed by atoms with van der Waals surface area (Å²) in [5.74, 6) is 6.93. The Kier molecular flexibility index (Phi) is 6.33. The summed E-state index contributed by atoms with van der Waals surface area (Å²) in [6, 6.07) is 36.9. The van der Waals surface area contributed by atoms with Gasteiger partial charge in [-0.1, -0.05) is 115 Å². The third-order valence-corrected chi connectivity index (χ3v) is 6.62. The van der Waals surface area contributed by atoms with Gasteiger partial charge in [0.2, 0.25) is 0 Å². The molecule has 38 heavy (non-hydrogen) atoms. The zero-order chi connectivity index (χ0) is 25.7. The molecule has 0 atom stereocenters. The highest BCUT2D eigenvalue weighted by atomic mass is 16.1. The quantitative estimate of drug-likeness (QED) is 0.241. The molecule has 1 aromatic heterocycles. The number of ketones is 1. The summed E-state index contributed by atoms with van der Waals surface area (Å²) in [6.45, 7) is 0. The molecule has 4 aromatic carbocycles. The van der Waals surface area contributed by atoms with Crippen LogP contribution in [0.3, 0.4) is 0 Å². The van der Waals surface area contributed by atoms with E-state index in [1.165, 1.54) is 0 Å². The predicted molar refractivity (Wildman–Crippen MR) is 155 cm³/mol. The number of hydrogen-bond donors (Lipinski definition) is 0. The van der Waals surface area contributed by atoms with Crippen molar-refractivity contribution in [2.75, 3.05) is 0 Å². The molecule has 178 valence electrons. The second-order valence-corrected chi connectivity index (χ2v) is 8.98. The Labute approximate surface area is 222 Å². The largest absolute Gasteiger partial charge is 0.289 e. The number of rotatable bonds is 4. The monoisotopic (exact) mass is 485 g/mol. The standard InChI is InChI=1S/C36H23NO/c38-34-18-10-17-30(34)33-25-32(27-11-4-1-5-12-27)35(28-13-6-2-7-14-28)31(20-19-26-21-23-37-24-22-26)36(33)29-15-8-3-9-16-29/h1-18,21-25H. The van der Waals surface area contributed by atoms with Gasteiger partial charge in [-0.3, -0.25) is 9.78 Å². The number of carbonyl (C=O) groups excluding carboxylic acids is 1. The number of aromatic nitrogens is 1. The second-order valence-electron chi connectivity index (χ2n) is 8.98. The molecule has 0 bridgehead atoms. The smallest absolute Gasteiger partial charge is 0.186 e. The molecule has 1 heterocycles. The summed E-state index contributed by atoms with van der Waals surface area (Å²) >= 11 is 0. The van der Waals surface area contributed by atoms with Crippen molar-refractivity contribution < 1.29 is 4.79 Å². The van der Waals surface area contributed by atoms with Crippen molar-refractivity contribution in [2.45, 2.75) is 0 Å². The maximum absolute atomic E-state index is 13.1. The zero-order valence-corrected chi connectivity index (χ0v) is 20.6. The summed E-state index contributed by atoms with van der Waals surface area (Å²) in [5, 5.41) is 0. The highest BCUT2D eigenvalue weighted by Gasteiger charge is 2.25. The predicted octanol–water partition coefficient (Wildman–Crippen LogP) is 8.00. The Morgan fingerprint density at radius 3 is 1.68 bits per heavy atom. The van der Waals surface area contributed by atoms with E-state index in [0.717, 1.165) is 50.1 Å². The van der Waals surface area contributed by atoms with E-state index in [1.54, 1.807) is 18.5 Å². The average Bonchev–Trinajstić information content (AvgIpc) is 3.42. The van der Waals surface area contributed by atoms with Crippen LogP contribution in [0.15, 0.2) is 140 Å². The van der Waals surface area contributed by atoms with Crippen LogP contribution in [0.5, 0.6) is 0 Å². The minimum atomic E-state index is 0.00157. The van der Waals surface area contributed by atoms with Crippen molar-refractivity contribution in [3.63, 3.8) is 0 Å². The summed E-state index contributed by atoms with van der Waals surface area (Å²) in [4.78, 5) is 17.2. The van der Waals surface area contributed by atoms with Crippen molar-refractivity contribution in [3.8, 4) is 45.2 Å². The molecule has 1 aliphatic carbocycles. The number of pyridine rings is 1. The molecule has 2 heteroatoms. The number of allylic oxidation sites excluding steroid dienone is 4. The SMILES string of the molecule is O=C1C=CC=C1c1cc(-c2ccccc2)c(-c2ccccc2)c(C#Cc2ccncc2)c1-c1ccccc1. The lowest BCUT2D eigenvalue weighted by molar-refractivity contribution is -0.109. The van der Waals surface area contributed by atoms with Gasteiger partial charge in [0, 0.05) is 40.2 Å².